The van der Waals surface area contributed by atoms with Crippen molar-refractivity contribution in [1.29, 1.82) is 5.26 Å². The Balaban J connectivity index is 1.54. The van der Waals surface area contributed by atoms with Gasteiger partial charge in [-0.1, -0.05) is 35.9 Å². The van der Waals surface area contributed by atoms with Crippen LogP contribution in [-0.4, -0.2) is 60.8 Å². The Morgan fingerprint density at radius 3 is 2.84 bits per heavy atom. The lowest BCUT2D eigenvalue weighted by Gasteiger charge is -2.34. The number of amides is 1. The third-order valence-electron chi connectivity index (χ3n) is 5.68. The van der Waals surface area contributed by atoms with Gasteiger partial charge >= 0.3 is 0 Å². The third-order valence-corrected chi connectivity index (χ3v) is 5.98. The molecule has 1 aromatic heterocycles. The fourth-order valence-corrected chi connectivity index (χ4v) is 4.11. The molecular formula is C24H25ClN6O. The zero-order chi connectivity index (χ0) is 22.5. The molecule has 1 amide bonds. The Bertz CT molecular complexity index is 1130. The molecule has 1 aliphatic heterocycles. The van der Waals surface area contributed by atoms with Gasteiger partial charge in [0.25, 0.3) is 0 Å². The predicted octanol–water partition coefficient (Wildman–Crippen LogP) is 3.39. The van der Waals surface area contributed by atoms with E-state index in [0.29, 0.717) is 12.0 Å². The van der Waals surface area contributed by atoms with Crippen LogP contribution < -0.4 is 10.2 Å². The fraction of sp³-hybridized carbons (Fsp3) is 0.292. The molecule has 1 saturated heterocycles. The van der Waals surface area contributed by atoms with Crippen molar-refractivity contribution >= 4 is 28.8 Å². The molecule has 0 atom stereocenters. The van der Waals surface area contributed by atoms with E-state index in [-0.39, 0.29) is 12.5 Å². The molecule has 0 spiro atoms. The molecular weight excluding hydrogens is 424 g/mol. The molecule has 2 heterocycles. The van der Waals surface area contributed by atoms with Gasteiger partial charge < -0.3 is 15.1 Å². The maximum absolute atomic E-state index is 12.3. The van der Waals surface area contributed by atoms with Crippen molar-refractivity contribution in [3.63, 3.8) is 0 Å². The number of carbonyl (C=O) groups is 1. The molecule has 2 aliphatic rings. The summed E-state index contributed by atoms with van der Waals surface area (Å²) in [5.74, 6) is -0.244. The van der Waals surface area contributed by atoms with Crippen LogP contribution in [0, 0.1) is 11.3 Å². The number of hydrogen-bond acceptors (Lipinski definition) is 5. The molecule has 2 N–H and O–H groups in total. The van der Waals surface area contributed by atoms with Crippen LogP contribution in [-0.2, 0) is 4.79 Å². The molecule has 0 unspecified atom stereocenters. The highest BCUT2D eigenvalue weighted by molar-refractivity contribution is 6.33. The van der Waals surface area contributed by atoms with Gasteiger partial charge in [0.05, 0.1) is 28.2 Å². The van der Waals surface area contributed by atoms with Crippen molar-refractivity contribution < 1.29 is 4.79 Å². The smallest absolute Gasteiger partial charge is 0.248 e. The number of allylic oxidation sites excluding steroid dienone is 5. The zero-order valence-corrected chi connectivity index (χ0v) is 18.7. The van der Waals surface area contributed by atoms with E-state index < -0.39 is 0 Å². The van der Waals surface area contributed by atoms with Crippen molar-refractivity contribution in [3.05, 3.63) is 64.9 Å². The van der Waals surface area contributed by atoms with Gasteiger partial charge in [0.15, 0.2) is 0 Å². The van der Waals surface area contributed by atoms with Crippen LogP contribution in [0.15, 0.2) is 54.1 Å². The summed E-state index contributed by atoms with van der Waals surface area (Å²) in [7, 11) is 2.13. The summed E-state index contributed by atoms with van der Waals surface area (Å²) in [5.41, 5.74) is 5.00. The lowest BCUT2D eigenvalue weighted by molar-refractivity contribution is -0.117. The molecule has 32 heavy (non-hydrogen) atoms. The monoisotopic (exact) mass is 448 g/mol. The number of aromatic nitrogens is 2. The maximum atomic E-state index is 12.3. The minimum atomic E-state index is -0.244. The summed E-state index contributed by atoms with van der Waals surface area (Å²) in [6.07, 6.45) is 8.06. The number of nitriles is 1. The Labute approximate surface area is 192 Å². The predicted molar refractivity (Wildman–Crippen MR) is 127 cm³/mol. The van der Waals surface area contributed by atoms with E-state index in [9.17, 15) is 4.79 Å². The van der Waals surface area contributed by atoms with E-state index in [4.69, 9.17) is 16.9 Å². The molecule has 1 aromatic carbocycles. The van der Waals surface area contributed by atoms with Crippen LogP contribution in [0.5, 0.6) is 0 Å². The van der Waals surface area contributed by atoms with Crippen LogP contribution in [0.1, 0.15) is 12.1 Å². The van der Waals surface area contributed by atoms with E-state index in [1.807, 2.05) is 42.5 Å². The minimum absolute atomic E-state index is 0.0175. The molecule has 8 heteroatoms. The van der Waals surface area contributed by atoms with Crippen LogP contribution in [0.3, 0.4) is 0 Å². The number of carbonyl (C=O) groups excluding carboxylic acids is 1. The normalized spacial score (nSPS) is 16.7. The highest BCUT2D eigenvalue weighted by Gasteiger charge is 2.18. The third kappa shape index (κ3) is 4.93. The molecule has 7 nitrogen and oxygen atoms in total. The van der Waals surface area contributed by atoms with Gasteiger partial charge in [-0.3, -0.25) is 9.89 Å². The SMILES string of the molecule is CN1CCN(c2ccc(-c3cc(C4=CC=CCC(C(=O)NCC#N)=C4)n[nH]3)cc2Cl)CC1. The van der Waals surface area contributed by atoms with Crippen LogP contribution in [0.4, 0.5) is 5.69 Å². The highest BCUT2D eigenvalue weighted by Crippen LogP contribution is 2.32. The maximum Gasteiger partial charge on any atom is 0.248 e. The summed E-state index contributed by atoms with van der Waals surface area (Å²) in [4.78, 5) is 16.9. The van der Waals surface area contributed by atoms with Crippen molar-refractivity contribution in [3.8, 4) is 17.3 Å². The van der Waals surface area contributed by atoms with Crippen LogP contribution >= 0.6 is 11.6 Å². The lowest BCUT2D eigenvalue weighted by atomic mass is 10.1. The first kappa shape index (κ1) is 21.9. The van der Waals surface area contributed by atoms with Crippen molar-refractivity contribution in [2.75, 3.05) is 44.7 Å². The van der Waals surface area contributed by atoms with Crippen molar-refractivity contribution in [1.82, 2.24) is 20.4 Å². The first-order valence-corrected chi connectivity index (χ1v) is 10.9. The number of nitrogens with one attached hydrogen (secondary N) is 2. The second-order valence-electron chi connectivity index (χ2n) is 7.89. The lowest BCUT2D eigenvalue weighted by Crippen LogP contribution is -2.44. The molecule has 0 saturated carbocycles. The fourth-order valence-electron chi connectivity index (χ4n) is 3.81. The van der Waals surface area contributed by atoms with Crippen LogP contribution in [0.2, 0.25) is 5.02 Å². The van der Waals surface area contributed by atoms with E-state index in [0.717, 1.165) is 59.4 Å². The summed E-state index contributed by atoms with van der Waals surface area (Å²) in [6, 6.07) is 9.95. The quantitative estimate of drug-likeness (QED) is 0.684. The second-order valence-corrected chi connectivity index (χ2v) is 8.30. The Morgan fingerprint density at radius 2 is 2.09 bits per heavy atom. The topological polar surface area (TPSA) is 88.0 Å². The zero-order valence-electron chi connectivity index (χ0n) is 17.9. The van der Waals surface area contributed by atoms with E-state index >= 15 is 0 Å². The first-order chi connectivity index (χ1) is 15.5. The molecule has 0 bridgehead atoms. The number of aromatic amines is 1. The number of piperazine rings is 1. The van der Waals surface area contributed by atoms with Gasteiger partial charge in [-0.25, -0.2) is 0 Å². The van der Waals surface area contributed by atoms with Gasteiger partial charge in [0.2, 0.25) is 5.91 Å². The average molecular weight is 449 g/mol. The van der Waals surface area contributed by atoms with Crippen molar-refractivity contribution in [2.45, 2.75) is 6.42 Å². The molecule has 1 aliphatic carbocycles. The van der Waals surface area contributed by atoms with Gasteiger partial charge in [0, 0.05) is 42.9 Å². The minimum Gasteiger partial charge on any atom is -0.368 e. The number of likely N-dealkylation sites (N-methyl/N-ethyl adjacent to an activating group) is 1. The number of benzene rings is 1. The Morgan fingerprint density at radius 1 is 1.28 bits per heavy atom. The first-order valence-electron chi connectivity index (χ1n) is 10.6. The number of nitrogens with zero attached hydrogens (tertiary/aromatic N) is 4. The van der Waals surface area contributed by atoms with E-state index in [1.54, 1.807) is 0 Å². The average Bonchev–Trinajstić information content (AvgIpc) is 3.16. The number of anilines is 1. The van der Waals surface area contributed by atoms with E-state index in [1.165, 1.54) is 0 Å². The molecule has 4 rings (SSSR count). The highest BCUT2D eigenvalue weighted by atomic mass is 35.5. The summed E-state index contributed by atoms with van der Waals surface area (Å²) in [5, 5.41) is 19.5. The van der Waals surface area contributed by atoms with E-state index in [2.05, 4.69) is 44.5 Å². The molecule has 2 aromatic rings. The molecule has 0 radical (unpaired) electrons. The molecule has 1 fully saturated rings. The van der Waals surface area contributed by atoms with Crippen molar-refractivity contribution in [2.24, 2.45) is 0 Å². The Hall–Kier alpha value is -3.34. The van der Waals surface area contributed by atoms with Gasteiger partial charge in [-0.2, -0.15) is 10.4 Å². The summed E-state index contributed by atoms with van der Waals surface area (Å²) < 4.78 is 0. The summed E-state index contributed by atoms with van der Waals surface area (Å²) >= 11 is 6.63. The molecule has 164 valence electrons. The van der Waals surface area contributed by atoms with Crippen LogP contribution in [0.25, 0.3) is 16.8 Å². The Kier molecular flexibility index (Phi) is 6.74. The number of halogens is 1. The standard InChI is InChI=1S/C24H25ClN6O/c1-30-10-12-31(13-11-30)23-7-6-18(15-20(23)25)22-16-21(28-29-22)17-4-2-3-5-19(14-17)24(32)27-9-8-26/h2-4,6-7,14-16H,5,9-13H2,1H3,(H,27,32)(H,28,29). The summed E-state index contributed by atoms with van der Waals surface area (Å²) in [6.45, 7) is 3.95. The largest absolute Gasteiger partial charge is 0.368 e. The number of hydrogen-bond donors (Lipinski definition) is 2. The number of rotatable bonds is 5. The van der Waals surface area contributed by atoms with Gasteiger partial charge in [0.1, 0.15) is 6.54 Å². The van der Waals surface area contributed by atoms with Gasteiger partial charge in [-0.05, 0) is 37.7 Å². The van der Waals surface area contributed by atoms with Gasteiger partial charge in [-0.15, -0.1) is 0 Å². The number of H-pyrrole nitrogens is 1. The second kappa shape index (κ2) is 9.86.